The van der Waals surface area contributed by atoms with Crippen LogP contribution < -0.4 is 5.73 Å². The molecule has 1 aliphatic rings. The molecule has 19 heavy (non-hydrogen) atoms. The largest absolute Gasteiger partial charge is 0.392 e. The fourth-order valence-corrected chi connectivity index (χ4v) is 2.78. The standard InChI is InChI=1S/C13H25N5O/c1-16(2)9-11-8-12(19)10-17(11)5-3-6-18-7-4-13(14)15-18/h4,7,11-12,19H,3,5-6,8-10H2,1-2H3,(H2,14,15). The molecule has 0 aliphatic carbocycles. The van der Waals surface area contributed by atoms with E-state index in [9.17, 15) is 5.11 Å². The number of aromatic nitrogens is 2. The van der Waals surface area contributed by atoms with E-state index < -0.39 is 0 Å². The highest BCUT2D eigenvalue weighted by Crippen LogP contribution is 2.18. The molecule has 0 radical (unpaired) electrons. The summed E-state index contributed by atoms with van der Waals surface area (Å²) in [5, 5.41) is 14.0. The molecule has 108 valence electrons. The van der Waals surface area contributed by atoms with Crippen LogP contribution >= 0.6 is 0 Å². The minimum Gasteiger partial charge on any atom is -0.392 e. The molecule has 1 aliphatic heterocycles. The van der Waals surface area contributed by atoms with Crippen molar-refractivity contribution in [3.8, 4) is 0 Å². The van der Waals surface area contributed by atoms with Crippen LogP contribution in [0, 0.1) is 0 Å². The number of aliphatic hydroxyl groups is 1. The van der Waals surface area contributed by atoms with Gasteiger partial charge in [0.2, 0.25) is 0 Å². The van der Waals surface area contributed by atoms with Gasteiger partial charge in [0.1, 0.15) is 5.82 Å². The van der Waals surface area contributed by atoms with E-state index in [-0.39, 0.29) is 6.10 Å². The number of nitrogens with two attached hydrogens (primary N) is 1. The van der Waals surface area contributed by atoms with Crippen LogP contribution in [0.3, 0.4) is 0 Å². The van der Waals surface area contributed by atoms with Crippen LogP contribution in [-0.4, -0.2) is 70.6 Å². The number of hydrogen-bond acceptors (Lipinski definition) is 5. The molecule has 2 heterocycles. The Morgan fingerprint density at radius 3 is 2.89 bits per heavy atom. The van der Waals surface area contributed by atoms with Crippen LogP contribution in [0.1, 0.15) is 12.8 Å². The predicted molar refractivity (Wildman–Crippen MR) is 75.8 cm³/mol. The van der Waals surface area contributed by atoms with Gasteiger partial charge < -0.3 is 15.7 Å². The summed E-state index contributed by atoms with van der Waals surface area (Å²) in [4.78, 5) is 4.57. The highest BCUT2D eigenvalue weighted by Gasteiger charge is 2.30. The van der Waals surface area contributed by atoms with Gasteiger partial charge in [0, 0.05) is 38.4 Å². The molecule has 0 aromatic carbocycles. The van der Waals surface area contributed by atoms with Crippen molar-refractivity contribution in [2.45, 2.75) is 31.5 Å². The Balaban J connectivity index is 1.77. The molecule has 1 saturated heterocycles. The Kier molecular flexibility index (Phi) is 4.79. The van der Waals surface area contributed by atoms with E-state index in [0.717, 1.165) is 39.0 Å². The van der Waals surface area contributed by atoms with E-state index in [1.165, 1.54) is 0 Å². The molecule has 2 rings (SSSR count). The van der Waals surface area contributed by atoms with Crippen LogP contribution in [0.2, 0.25) is 0 Å². The molecule has 0 spiro atoms. The SMILES string of the molecule is CN(C)CC1CC(O)CN1CCCn1ccc(N)n1. The van der Waals surface area contributed by atoms with Gasteiger partial charge in [0.25, 0.3) is 0 Å². The molecule has 1 aromatic rings. The summed E-state index contributed by atoms with van der Waals surface area (Å²) >= 11 is 0. The average molecular weight is 267 g/mol. The first-order valence-corrected chi connectivity index (χ1v) is 6.90. The molecule has 2 atom stereocenters. The first kappa shape index (κ1) is 14.3. The van der Waals surface area contributed by atoms with Crippen molar-refractivity contribution in [2.75, 3.05) is 39.5 Å². The fourth-order valence-electron chi connectivity index (χ4n) is 2.78. The zero-order valence-corrected chi connectivity index (χ0v) is 11.9. The van der Waals surface area contributed by atoms with E-state index >= 15 is 0 Å². The smallest absolute Gasteiger partial charge is 0.145 e. The molecular weight excluding hydrogens is 242 g/mol. The molecule has 0 saturated carbocycles. The molecule has 0 amide bonds. The molecule has 1 fully saturated rings. The van der Waals surface area contributed by atoms with Crippen molar-refractivity contribution < 1.29 is 5.11 Å². The second-order valence-electron chi connectivity index (χ2n) is 5.66. The molecule has 6 nitrogen and oxygen atoms in total. The summed E-state index contributed by atoms with van der Waals surface area (Å²) in [6.07, 6.45) is 3.64. The third kappa shape index (κ3) is 4.19. The van der Waals surface area contributed by atoms with Crippen molar-refractivity contribution in [3.63, 3.8) is 0 Å². The highest BCUT2D eigenvalue weighted by molar-refractivity contribution is 5.23. The minimum absolute atomic E-state index is 0.176. The molecule has 6 heteroatoms. The lowest BCUT2D eigenvalue weighted by Crippen LogP contribution is -2.38. The first-order valence-electron chi connectivity index (χ1n) is 6.90. The number of anilines is 1. The summed E-state index contributed by atoms with van der Waals surface area (Å²) in [5.74, 6) is 0.571. The number of nitrogens with zero attached hydrogens (tertiary/aromatic N) is 4. The van der Waals surface area contributed by atoms with Crippen molar-refractivity contribution in [3.05, 3.63) is 12.3 Å². The summed E-state index contributed by atoms with van der Waals surface area (Å²) < 4.78 is 1.88. The topological polar surface area (TPSA) is 70.5 Å². The van der Waals surface area contributed by atoms with Gasteiger partial charge in [-0.15, -0.1) is 0 Å². The molecule has 1 aromatic heterocycles. The van der Waals surface area contributed by atoms with Crippen molar-refractivity contribution >= 4 is 5.82 Å². The van der Waals surface area contributed by atoms with Gasteiger partial charge in [-0.25, -0.2) is 0 Å². The van der Waals surface area contributed by atoms with Gasteiger partial charge in [0.05, 0.1) is 6.10 Å². The number of likely N-dealkylation sites (N-methyl/N-ethyl adjacent to an activating group) is 1. The third-order valence-corrected chi connectivity index (χ3v) is 3.58. The van der Waals surface area contributed by atoms with Gasteiger partial charge >= 0.3 is 0 Å². The van der Waals surface area contributed by atoms with Crippen molar-refractivity contribution in [1.29, 1.82) is 0 Å². The number of β-amino-alcohol motifs (C(OH)–C–C–N with tert-alkyl or cyclic N) is 1. The minimum atomic E-state index is -0.176. The van der Waals surface area contributed by atoms with Crippen LogP contribution in [-0.2, 0) is 6.54 Å². The highest BCUT2D eigenvalue weighted by atomic mass is 16.3. The lowest BCUT2D eigenvalue weighted by molar-refractivity contribution is 0.171. The molecule has 0 bridgehead atoms. The predicted octanol–water partition coefficient (Wildman–Crippen LogP) is -0.148. The zero-order chi connectivity index (χ0) is 13.8. The van der Waals surface area contributed by atoms with Crippen LogP contribution in [0.25, 0.3) is 0 Å². The Bertz CT molecular complexity index is 392. The first-order chi connectivity index (χ1) is 9.04. The van der Waals surface area contributed by atoms with Gasteiger partial charge in [-0.3, -0.25) is 9.58 Å². The Morgan fingerprint density at radius 1 is 1.47 bits per heavy atom. The number of nitrogen functional groups attached to an aromatic ring is 1. The Labute approximate surface area is 114 Å². The second-order valence-corrected chi connectivity index (χ2v) is 5.66. The number of rotatable bonds is 6. The van der Waals surface area contributed by atoms with Crippen LogP contribution in [0.15, 0.2) is 12.3 Å². The monoisotopic (exact) mass is 267 g/mol. The van der Waals surface area contributed by atoms with Crippen LogP contribution in [0.5, 0.6) is 0 Å². The Morgan fingerprint density at radius 2 is 2.26 bits per heavy atom. The van der Waals surface area contributed by atoms with E-state index in [2.05, 4.69) is 29.0 Å². The van der Waals surface area contributed by atoms with Gasteiger partial charge in [-0.05, 0) is 33.0 Å². The van der Waals surface area contributed by atoms with E-state index in [0.29, 0.717) is 11.9 Å². The number of likely N-dealkylation sites (tertiary alicyclic amines) is 1. The number of aryl methyl sites for hydroxylation is 1. The maximum atomic E-state index is 9.81. The van der Waals surface area contributed by atoms with Crippen LogP contribution in [0.4, 0.5) is 5.82 Å². The quantitative estimate of drug-likeness (QED) is 0.750. The van der Waals surface area contributed by atoms with E-state index in [1.807, 2.05) is 16.9 Å². The third-order valence-electron chi connectivity index (χ3n) is 3.58. The average Bonchev–Trinajstić information content (AvgIpc) is 2.85. The van der Waals surface area contributed by atoms with Gasteiger partial charge in [0.15, 0.2) is 0 Å². The summed E-state index contributed by atoms with van der Waals surface area (Å²) in [6, 6.07) is 2.28. The van der Waals surface area contributed by atoms with Crippen molar-refractivity contribution in [2.24, 2.45) is 0 Å². The van der Waals surface area contributed by atoms with Gasteiger partial charge in [-0.2, -0.15) is 5.10 Å². The molecule has 2 unspecified atom stereocenters. The normalized spacial score (nSPS) is 24.4. The van der Waals surface area contributed by atoms with E-state index in [4.69, 9.17) is 5.73 Å². The summed E-state index contributed by atoms with van der Waals surface area (Å²) in [7, 11) is 4.16. The molecular formula is C13H25N5O. The lowest BCUT2D eigenvalue weighted by atomic mass is 10.2. The zero-order valence-electron chi connectivity index (χ0n) is 11.9. The maximum absolute atomic E-state index is 9.81. The maximum Gasteiger partial charge on any atom is 0.145 e. The summed E-state index contributed by atoms with van der Waals surface area (Å²) in [6.45, 7) is 3.67. The number of aliphatic hydroxyl groups excluding tert-OH is 1. The second kappa shape index (κ2) is 6.36. The number of hydrogen-bond donors (Lipinski definition) is 2. The summed E-state index contributed by atoms with van der Waals surface area (Å²) in [5.41, 5.74) is 5.59. The molecule has 3 N–H and O–H groups in total. The fraction of sp³-hybridized carbons (Fsp3) is 0.769. The van der Waals surface area contributed by atoms with E-state index in [1.54, 1.807) is 0 Å². The van der Waals surface area contributed by atoms with Gasteiger partial charge in [-0.1, -0.05) is 0 Å². The Hall–Kier alpha value is -1.11. The van der Waals surface area contributed by atoms with Crippen molar-refractivity contribution in [1.82, 2.24) is 19.6 Å². The lowest BCUT2D eigenvalue weighted by Gasteiger charge is -2.26.